The summed E-state index contributed by atoms with van der Waals surface area (Å²) in [6.45, 7) is 2.07. The average molecular weight is 345 g/mol. The number of hydrogen-bond donors (Lipinski definition) is 1. The first kappa shape index (κ1) is 15.9. The number of fused-ring (bicyclic) bond motifs is 2. The molecular weight excluding hydrogens is 326 g/mol. The van der Waals surface area contributed by atoms with Gasteiger partial charge in [-0.2, -0.15) is 10.5 Å². The van der Waals surface area contributed by atoms with Crippen LogP contribution in [0.4, 0.5) is 5.69 Å². The number of nitriles is 2. The number of rotatable bonds is 1. The zero-order valence-electron chi connectivity index (χ0n) is 14.2. The molecule has 0 unspecified atom stereocenters. The monoisotopic (exact) mass is 345 g/mol. The van der Waals surface area contributed by atoms with Crippen LogP contribution in [0.3, 0.4) is 0 Å². The fourth-order valence-corrected chi connectivity index (χ4v) is 5.32. The van der Waals surface area contributed by atoms with Gasteiger partial charge in [0.25, 0.3) is 0 Å². The molecule has 1 N–H and O–H groups in total. The molecule has 0 bridgehead atoms. The van der Waals surface area contributed by atoms with Crippen LogP contribution in [0.2, 0.25) is 0 Å². The Bertz CT molecular complexity index is 946. The average Bonchev–Trinajstić information content (AvgIpc) is 3.15. The number of aryl methyl sites for hydroxylation is 1. The van der Waals surface area contributed by atoms with Gasteiger partial charge in [0.15, 0.2) is 0 Å². The maximum Gasteiger partial charge on any atom is 0.110 e. The van der Waals surface area contributed by atoms with Crippen LogP contribution in [-0.4, -0.2) is 0 Å². The Morgan fingerprint density at radius 1 is 1.16 bits per heavy atom. The molecule has 1 saturated carbocycles. The number of benzene rings is 1. The molecule has 4 rings (SSSR count). The van der Waals surface area contributed by atoms with Crippen LogP contribution in [0, 0.1) is 29.6 Å². The van der Waals surface area contributed by atoms with Crippen molar-refractivity contribution in [2.75, 3.05) is 5.32 Å². The highest BCUT2D eigenvalue weighted by Gasteiger charge is 2.44. The van der Waals surface area contributed by atoms with Crippen LogP contribution in [0.5, 0.6) is 0 Å². The van der Waals surface area contributed by atoms with Gasteiger partial charge >= 0.3 is 0 Å². The third kappa shape index (κ3) is 2.46. The topological polar surface area (TPSA) is 59.6 Å². The summed E-state index contributed by atoms with van der Waals surface area (Å²) in [4.78, 5) is 1.92. The Balaban J connectivity index is 1.86. The summed E-state index contributed by atoms with van der Waals surface area (Å²) >= 11 is 1.56. The summed E-state index contributed by atoms with van der Waals surface area (Å²) in [6.07, 6.45) is 7.55. The highest BCUT2D eigenvalue weighted by molar-refractivity contribution is 7.16. The summed E-state index contributed by atoms with van der Waals surface area (Å²) in [7, 11) is 0. The summed E-state index contributed by atoms with van der Waals surface area (Å²) in [5.74, 6) is 0. The van der Waals surface area contributed by atoms with E-state index in [4.69, 9.17) is 0 Å². The largest absolute Gasteiger partial charge is 0.357 e. The molecule has 3 nitrogen and oxygen atoms in total. The predicted molar refractivity (Wildman–Crippen MR) is 101 cm³/mol. The second kappa shape index (κ2) is 6.06. The minimum absolute atomic E-state index is 0.0391. The van der Waals surface area contributed by atoms with Crippen molar-refractivity contribution in [2.24, 2.45) is 0 Å². The van der Waals surface area contributed by atoms with Crippen LogP contribution in [0.25, 0.3) is 10.4 Å². The lowest BCUT2D eigenvalue weighted by Gasteiger charge is -2.34. The van der Waals surface area contributed by atoms with Crippen LogP contribution >= 0.6 is 11.3 Å². The Labute approximate surface area is 152 Å². The normalized spacial score (nSPS) is 19.2. The molecule has 0 amide bonds. The van der Waals surface area contributed by atoms with E-state index in [9.17, 15) is 10.5 Å². The number of anilines is 1. The molecule has 1 fully saturated rings. The Morgan fingerprint density at radius 2 is 1.96 bits per heavy atom. The van der Waals surface area contributed by atoms with E-state index in [0.29, 0.717) is 0 Å². The number of nitrogens with zero attached hydrogens (tertiary/aromatic N) is 2. The van der Waals surface area contributed by atoms with Gasteiger partial charge in [-0.15, -0.1) is 11.3 Å². The zero-order chi connectivity index (χ0) is 17.4. The first-order valence-corrected chi connectivity index (χ1v) is 9.52. The smallest absolute Gasteiger partial charge is 0.110 e. The molecule has 25 heavy (non-hydrogen) atoms. The van der Waals surface area contributed by atoms with Gasteiger partial charge in [0.05, 0.1) is 6.07 Å². The highest BCUT2D eigenvalue weighted by Crippen LogP contribution is 2.53. The van der Waals surface area contributed by atoms with Crippen LogP contribution < -0.4 is 5.32 Å². The van der Waals surface area contributed by atoms with E-state index >= 15 is 0 Å². The quantitative estimate of drug-likeness (QED) is 0.681. The van der Waals surface area contributed by atoms with Crippen molar-refractivity contribution in [1.82, 2.24) is 0 Å². The maximum absolute atomic E-state index is 9.22. The Morgan fingerprint density at radius 3 is 2.64 bits per heavy atom. The minimum Gasteiger partial charge on any atom is -0.357 e. The van der Waals surface area contributed by atoms with E-state index in [0.717, 1.165) is 34.7 Å². The first-order valence-electron chi connectivity index (χ1n) is 8.71. The zero-order valence-corrected chi connectivity index (χ0v) is 15.0. The molecule has 0 atom stereocenters. The SMILES string of the molecule is Cc1cc(C#N)sc1-c1ccc2c(c1)C1(CCCCC1)/C(=C\C#N)N2. The summed E-state index contributed by atoms with van der Waals surface area (Å²) in [5, 5.41) is 21.9. The van der Waals surface area contributed by atoms with E-state index in [2.05, 4.69) is 42.6 Å². The standard InChI is InChI=1S/C21H19N3S/c1-14-11-16(13-23)25-20(14)15-5-6-18-17(12-15)21(8-3-2-4-9-21)19(24-18)7-10-22/h5-7,11-12,24H,2-4,8-9H2,1H3/b19-7+. The van der Waals surface area contributed by atoms with Gasteiger partial charge in [-0.1, -0.05) is 25.3 Å². The lowest BCUT2D eigenvalue weighted by molar-refractivity contribution is 0.350. The highest BCUT2D eigenvalue weighted by atomic mass is 32.1. The van der Waals surface area contributed by atoms with Crippen molar-refractivity contribution in [2.45, 2.75) is 44.4 Å². The van der Waals surface area contributed by atoms with Crippen LogP contribution in [0.1, 0.15) is 48.1 Å². The van der Waals surface area contributed by atoms with Crippen molar-refractivity contribution in [3.05, 3.63) is 52.0 Å². The molecule has 2 aromatic rings. The third-order valence-corrected chi connectivity index (χ3v) is 6.72. The van der Waals surface area contributed by atoms with Gasteiger partial charge in [-0.05, 0) is 54.7 Å². The second-order valence-corrected chi connectivity index (χ2v) is 8.00. The molecule has 124 valence electrons. The van der Waals surface area contributed by atoms with Crippen LogP contribution in [-0.2, 0) is 5.41 Å². The van der Waals surface area contributed by atoms with Gasteiger partial charge in [0.2, 0.25) is 0 Å². The fraction of sp³-hybridized carbons (Fsp3) is 0.333. The van der Waals surface area contributed by atoms with E-state index in [1.54, 1.807) is 17.4 Å². The summed E-state index contributed by atoms with van der Waals surface area (Å²) in [5.41, 5.74) is 5.79. The number of hydrogen-bond acceptors (Lipinski definition) is 4. The van der Waals surface area contributed by atoms with Gasteiger partial charge < -0.3 is 5.32 Å². The molecule has 1 aromatic carbocycles. The van der Waals surface area contributed by atoms with Crippen molar-refractivity contribution in [3.8, 4) is 22.6 Å². The second-order valence-electron chi connectivity index (χ2n) is 6.95. The van der Waals surface area contributed by atoms with Crippen molar-refractivity contribution >= 4 is 17.0 Å². The van der Waals surface area contributed by atoms with Gasteiger partial charge in [0.1, 0.15) is 10.9 Å². The Kier molecular flexibility index (Phi) is 3.86. The first-order chi connectivity index (χ1) is 12.2. The minimum atomic E-state index is -0.0391. The van der Waals surface area contributed by atoms with Crippen LogP contribution in [0.15, 0.2) is 36.0 Å². The molecule has 1 aliphatic heterocycles. The molecular formula is C21H19N3S. The van der Waals surface area contributed by atoms with E-state index in [1.807, 2.05) is 6.07 Å². The van der Waals surface area contributed by atoms with Crippen molar-refractivity contribution in [1.29, 1.82) is 10.5 Å². The fourth-order valence-electron chi connectivity index (χ4n) is 4.36. The number of thiophene rings is 1. The summed E-state index contributed by atoms with van der Waals surface area (Å²) in [6, 6.07) is 13.0. The predicted octanol–water partition coefficient (Wildman–Crippen LogP) is 5.63. The van der Waals surface area contributed by atoms with Gasteiger partial charge in [-0.3, -0.25) is 0 Å². The molecule has 1 spiro atoms. The van der Waals surface area contributed by atoms with Crippen molar-refractivity contribution in [3.63, 3.8) is 0 Å². The van der Waals surface area contributed by atoms with E-state index < -0.39 is 0 Å². The summed E-state index contributed by atoms with van der Waals surface area (Å²) < 4.78 is 0. The molecule has 4 heteroatoms. The molecule has 0 radical (unpaired) electrons. The number of allylic oxidation sites excluding steroid dienone is 2. The molecule has 2 aliphatic rings. The van der Waals surface area contributed by atoms with Crippen molar-refractivity contribution < 1.29 is 0 Å². The third-order valence-electron chi connectivity index (χ3n) is 5.53. The molecule has 0 saturated heterocycles. The lowest BCUT2D eigenvalue weighted by Crippen LogP contribution is -2.29. The molecule has 1 aliphatic carbocycles. The van der Waals surface area contributed by atoms with Gasteiger partial charge in [0, 0.05) is 27.8 Å². The lowest BCUT2D eigenvalue weighted by atomic mass is 9.68. The van der Waals surface area contributed by atoms with E-state index in [1.165, 1.54) is 35.3 Å². The molecule has 1 aromatic heterocycles. The van der Waals surface area contributed by atoms with Gasteiger partial charge in [-0.25, -0.2) is 0 Å². The number of nitrogens with one attached hydrogen (secondary N) is 1. The Hall–Kier alpha value is -2.56. The van der Waals surface area contributed by atoms with E-state index in [-0.39, 0.29) is 5.41 Å². The maximum atomic E-state index is 9.22. The molecule has 2 heterocycles.